The number of rotatable bonds is 0. The molecule has 1 N–H and O–H groups in total. The van der Waals surface area contributed by atoms with Crippen molar-refractivity contribution in [2.45, 2.75) is 82.5 Å². The van der Waals surface area contributed by atoms with Gasteiger partial charge in [0.25, 0.3) is 0 Å². The molecule has 1 saturated heterocycles. The van der Waals surface area contributed by atoms with Gasteiger partial charge in [-0.15, -0.1) is 6.42 Å². The molecule has 0 aromatic heterocycles. The lowest BCUT2D eigenvalue weighted by atomic mass is 9.44. The van der Waals surface area contributed by atoms with E-state index in [2.05, 4.69) is 19.8 Å². The maximum absolute atomic E-state index is 12.2. The van der Waals surface area contributed by atoms with Crippen LogP contribution in [0.2, 0.25) is 0 Å². The van der Waals surface area contributed by atoms with Crippen LogP contribution in [0.25, 0.3) is 0 Å². The standard InChI is InChI=1S/C21H28O3/c1-4-20(23)11-7-14-13-5-12-21-17(24-21)16(22)8-10-19(21,3)15(13)6-9-18(14,20)2/h1,13-15,17,23H,5-12H2,2-3H3/t13?,14?,15?,17?,18-,19+,20?,21?/m0/s1. The second kappa shape index (κ2) is 4.27. The SMILES string of the molecule is C#CC1(O)CCC2C3CCC45OC4C(=O)CC[C@]5(C)C3CC[C@@]21C. The fourth-order valence-corrected chi connectivity index (χ4v) is 7.75. The van der Waals surface area contributed by atoms with Crippen molar-refractivity contribution in [3.05, 3.63) is 0 Å². The number of aliphatic hydroxyl groups is 1. The van der Waals surface area contributed by atoms with Crippen LogP contribution in [0.1, 0.15) is 65.2 Å². The summed E-state index contributed by atoms with van der Waals surface area (Å²) in [4.78, 5) is 12.2. The Bertz CT molecular complexity index is 664. The minimum atomic E-state index is -0.931. The highest BCUT2D eigenvalue weighted by atomic mass is 16.6. The van der Waals surface area contributed by atoms with Gasteiger partial charge in [0.15, 0.2) is 5.78 Å². The maximum atomic E-state index is 12.2. The molecule has 24 heavy (non-hydrogen) atoms. The number of Topliss-reactive ketones (excluding diaryl/α,β-unsaturated/α-hetero) is 1. The molecule has 1 heterocycles. The Labute approximate surface area is 144 Å². The Balaban J connectivity index is 1.51. The zero-order valence-corrected chi connectivity index (χ0v) is 14.8. The molecule has 0 aromatic rings. The summed E-state index contributed by atoms with van der Waals surface area (Å²) in [7, 11) is 0. The number of carbonyl (C=O) groups excluding carboxylic acids is 1. The Morgan fingerprint density at radius 2 is 1.79 bits per heavy atom. The first kappa shape index (κ1) is 15.4. The van der Waals surface area contributed by atoms with Gasteiger partial charge in [-0.1, -0.05) is 19.8 Å². The van der Waals surface area contributed by atoms with Crippen molar-refractivity contribution in [2.75, 3.05) is 0 Å². The van der Waals surface area contributed by atoms with Gasteiger partial charge >= 0.3 is 0 Å². The van der Waals surface area contributed by atoms with Gasteiger partial charge < -0.3 is 9.84 Å². The quantitative estimate of drug-likeness (QED) is 0.549. The minimum absolute atomic E-state index is 0.114. The lowest BCUT2D eigenvalue weighted by Crippen LogP contribution is -2.59. The van der Waals surface area contributed by atoms with Crippen LogP contribution < -0.4 is 0 Å². The van der Waals surface area contributed by atoms with Crippen LogP contribution in [-0.2, 0) is 9.53 Å². The van der Waals surface area contributed by atoms with Crippen molar-refractivity contribution in [2.24, 2.45) is 28.6 Å². The van der Waals surface area contributed by atoms with E-state index in [4.69, 9.17) is 11.2 Å². The summed E-state index contributed by atoms with van der Waals surface area (Å²) >= 11 is 0. The molecule has 5 rings (SSSR count). The van der Waals surface area contributed by atoms with E-state index >= 15 is 0 Å². The number of epoxide rings is 1. The molecule has 0 amide bonds. The second-order valence-electron chi connectivity index (χ2n) is 9.69. The van der Waals surface area contributed by atoms with Gasteiger partial charge in [0.05, 0.1) is 0 Å². The zero-order valence-electron chi connectivity index (χ0n) is 14.8. The van der Waals surface area contributed by atoms with Gasteiger partial charge in [-0.3, -0.25) is 4.79 Å². The summed E-state index contributed by atoms with van der Waals surface area (Å²) in [5.74, 6) is 4.83. The molecule has 0 aromatic carbocycles. The molecular formula is C21H28O3. The van der Waals surface area contributed by atoms with Crippen molar-refractivity contribution >= 4 is 5.78 Å². The molecule has 8 atom stereocenters. The summed E-state index contributed by atoms with van der Waals surface area (Å²) in [6.45, 7) is 4.62. The van der Waals surface area contributed by atoms with Crippen molar-refractivity contribution in [3.63, 3.8) is 0 Å². The van der Waals surface area contributed by atoms with E-state index in [0.717, 1.165) is 44.9 Å². The molecule has 6 unspecified atom stereocenters. The summed E-state index contributed by atoms with van der Waals surface area (Å²) in [6, 6.07) is 0. The monoisotopic (exact) mass is 328 g/mol. The first-order valence-electron chi connectivity index (χ1n) is 9.72. The Morgan fingerprint density at radius 1 is 1.08 bits per heavy atom. The average molecular weight is 328 g/mol. The van der Waals surface area contributed by atoms with Crippen molar-refractivity contribution in [1.82, 2.24) is 0 Å². The predicted octanol–water partition coefficient (Wildman–Crippen LogP) is 3.09. The second-order valence-corrected chi connectivity index (χ2v) is 9.69. The first-order valence-corrected chi connectivity index (χ1v) is 9.72. The molecule has 1 spiro atoms. The number of hydrogen-bond acceptors (Lipinski definition) is 3. The van der Waals surface area contributed by atoms with Crippen LogP contribution in [0.4, 0.5) is 0 Å². The van der Waals surface area contributed by atoms with Gasteiger partial charge in [-0.25, -0.2) is 0 Å². The lowest BCUT2D eigenvalue weighted by Gasteiger charge is -2.59. The maximum Gasteiger partial charge on any atom is 0.164 e. The number of ketones is 1. The third kappa shape index (κ3) is 1.44. The molecular weight excluding hydrogens is 300 g/mol. The molecule has 4 aliphatic carbocycles. The molecule has 5 aliphatic rings. The summed E-state index contributed by atoms with van der Waals surface area (Å²) in [5.41, 5.74) is -1.09. The predicted molar refractivity (Wildman–Crippen MR) is 90.0 cm³/mol. The van der Waals surface area contributed by atoms with Crippen LogP contribution in [0, 0.1) is 40.9 Å². The zero-order chi connectivity index (χ0) is 17.0. The van der Waals surface area contributed by atoms with Crippen molar-refractivity contribution in [1.29, 1.82) is 0 Å². The smallest absolute Gasteiger partial charge is 0.164 e. The van der Waals surface area contributed by atoms with Gasteiger partial charge in [0, 0.05) is 17.3 Å². The van der Waals surface area contributed by atoms with Gasteiger partial charge in [0.1, 0.15) is 17.3 Å². The minimum Gasteiger partial charge on any atom is -0.377 e. The van der Waals surface area contributed by atoms with E-state index in [1.165, 1.54) is 0 Å². The highest BCUT2D eigenvalue weighted by Crippen LogP contribution is 2.73. The fourth-order valence-electron chi connectivity index (χ4n) is 7.75. The summed E-state index contributed by atoms with van der Waals surface area (Å²) in [6.07, 6.45) is 13.3. The van der Waals surface area contributed by atoms with E-state index in [9.17, 15) is 9.90 Å². The van der Waals surface area contributed by atoms with Crippen molar-refractivity contribution in [3.8, 4) is 12.3 Å². The van der Waals surface area contributed by atoms with E-state index < -0.39 is 5.60 Å². The molecule has 3 heteroatoms. The van der Waals surface area contributed by atoms with Gasteiger partial charge in [-0.05, 0) is 62.7 Å². The Kier molecular flexibility index (Phi) is 2.74. The molecule has 0 radical (unpaired) electrons. The summed E-state index contributed by atoms with van der Waals surface area (Å²) < 4.78 is 6.10. The summed E-state index contributed by atoms with van der Waals surface area (Å²) in [5, 5.41) is 11.0. The lowest BCUT2D eigenvalue weighted by molar-refractivity contribution is -0.141. The van der Waals surface area contributed by atoms with E-state index in [1.54, 1.807) is 0 Å². The molecule has 5 fully saturated rings. The Morgan fingerprint density at radius 3 is 2.54 bits per heavy atom. The number of fused-ring (bicyclic) bond motifs is 4. The van der Waals surface area contributed by atoms with E-state index in [-0.39, 0.29) is 22.5 Å². The first-order chi connectivity index (χ1) is 11.3. The number of ether oxygens (including phenoxy) is 1. The van der Waals surface area contributed by atoms with E-state index in [1.807, 2.05) is 0 Å². The van der Waals surface area contributed by atoms with Crippen LogP contribution in [0.5, 0.6) is 0 Å². The van der Waals surface area contributed by atoms with E-state index in [0.29, 0.717) is 30.0 Å². The van der Waals surface area contributed by atoms with Crippen LogP contribution in [0.15, 0.2) is 0 Å². The highest BCUT2D eigenvalue weighted by Gasteiger charge is 2.77. The van der Waals surface area contributed by atoms with Crippen LogP contribution >= 0.6 is 0 Å². The van der Waals surface area contributed by atoms with Crippen molar-refractivity contribution < 1.29 is 14.6 Å². The third-order valence-corrected chi connectivity index (χ3v) is 9.34. The fraction of sp³-hybridized carbons (Fsp3) is 0.857. The Hall–Kier alpha value is -0.850. The van der Waals surface area contributed by atoms with Crippen LogP contribution in [-0.4, -0.2) is 28.2 Å². The molecule has 1 aliphatic heterocycles. The molecule has 130 valence electrons. The average Bonchev–Trinajstić information content (AvgIpc) is 3.25. The van der Waals surface area contributed by atoms with Crippen LogP contribution in [0.3, 0.4) is 0 Å². The number of terminal acetylenes is 1. The van der Waals surface area contributed by atoms with Gasteiger partial charge in [-0.2, -0.15) is 0 Å². The largest absolute Gasteiger partial charge is 0.377 e. The topological polar surface area (TPSA) is 49.8 Å². The number of carbonyl (C=O) groups is 1. The van der Waals surface area contributed by atoms with Gasteiger partial charge in [0.2, 0.25) is 0 Å². The number of hydrogen-bond donors (Lipinski definition) is 1. The molecule has 0 bridgehead atoms. The third-order valence-electron chi connectivity index (χ3n) is 9.34. The molecule has 3 nitrogen and oxygen atoms in total. The highest BCUT2D eigenvalue weighted by molar-refractivity contribution is 5.88. The molecule has 4 saturated carbocycles. The normalized spacial score (nSPS) is 61.2.